The van der Waals surface area contributed by atoms with Crippen molar-refractivity contribution in [1.82, 2.24) is 15.5 Å². The van der Waals surface area contributed by atoms with Crippen LogP contribution in [0.25, 0.3) is 0 Å². The highest BCUT2D eigenvalue weighted by molar-refractivity contribution is 6.29. The summed E-state index contributed by atoms with van der Waals surface area (Å²) in [6.07, 6.45) is 8.59. The van der Waals surface area contributed by atoms with Crippen LogP contribution in [0.1, 0.15) is 44.2 Å². The van der Waals surface area contributed by atoms with E-state index in [0.29, 0.717) is 10.7 Å². The van der Waals surface area contributed by atoms with Gasteiger partial charge in [-0.05, 0) is 68.4 Å². The normalized spacial score (nSPS) is 39.7. The zero-order valence-electron chi connectivity index (χ0n) is 11.1. The maximum Gasteiger partial charge on any atom is 0.151 e. The maximum absolute atomic E-state index is 5.77. The fourth-order valence-electron chi connectivity index (χ4n) is 5.04. The Hall–Kier alpha value is -0.670. The van der Waals surface area contributed by atoms with E-state index in [9.17, 15) is 0 Å². The highest BCUT2D eigenvalue weighted by Crippen LogP contribution is 2.55. The highest BCUT2D eigenvalue weighted by atomic mass is 35.5. The minimum Gasteiger partial charge on any atom is -0.306 e. The van der Waals surface area contributed by atoms with E-state index < -0.39 is 0 Å². The average Bonchev–Trinajstić information content (AvgIpc) is 2.36. The van der Waals surface area contributed by atoms with E-state index in [2.05, 4.69) is 15.5 Å². The second-order valence-electron chi connectivity index (χ2n) is 6.90. The molecule has 1 heterocycles. The monoisotopic (exact) mass is 277 g/mol. The van der Waals surface area contributed by atoms with Gasteiger partial charge >= 0.3 is 0 Å². The topological polar surface area (TPSA) is 37.8 Å². The SMILES string of the molecule is Clc1ccc(CNC23CC4CC(CC(C4)C2)C3)nn1. The van der Waals surface area contributed by atoms with Crippen molar-refractivity contribution in [2.45, 2.75) is 50.6 Å². The molecule has 1 aromatic heterocycles. The van der Waals surface area contributed by atoms with Crippen LogP contribution < -0.4 is 5.32 Å². The molecule has 5 rings (SSSR count). The van der Waals surface area contributed by atoms with E-state index in [4.69, 9.17) is 11.6 Å². The maximum atomic E-state index is 5.77. The molecule has 4 heteroatoms. The van der Waals surface area contributed by atoms with Gasteiger partial charge in [0.05, 0.1) is 5.69 Å². The van der Waals surface area contributed by atoms with Crippen molar-refractivity contribution in [2.24, 2.45) is 17.8 Å². The first kappa shape index (κ1) is 12.1. The van der Waals surface area contributed by atoms with Gasteiger partial charge in [-0.15, -0.1) is 5.10 Å². The average molecular weight is 278 g/mol. The molecule has 102 valence electrons. The summed E-state index contributed by atoms with van der Waals surface area (Å²) in [7, 11) is 0. The number of rotatable bonds is 3. The van der Waals surface area contributed by atoms with E-state index >= 15 is 0 Å². The Morgan fingerprint density at radius 2 is 1.68 bits per heavy atom. The van der Waals surface area contributed by atoms with Crippen LogP contribution in [0.4, 0.5) is 0 Å². The molecule has 0 saturated heterocycles. The lowest BCUT2D eigenvalue weighted by atomic mass is 9.53. The van der Waals surface area contributed by atoms with Crippen molar-refractivity contribution in [1.29, 1.82) is 0 Å². The molecule has 3 nitrogen and oxygen atoms in total. The Labute approximate surface area is 119 Å². The van der Waals surface area contributed by atoms with Crippen molar-refractivity contribution in [3.8, 4) is 0 Å². The Morgan fingerprint density at radius 1 is 1.05 bits per heavy atom. The molecule has 0 atom stereocenters. The van der Waals surface area contributed by atoms with Gasteiger partial charge in [0, 0.05) is 12.1 Å². The van der Waals surface area contributed by atoms with Crippen LogP contribution >= 0.6 is 11.6 Å². The zero-order valence-corrected chi connectivity index (χ0v) is 11.9. The molecule has 0 unspecified atom stereocenters. The summed E-state index contributed by atoms with van der Waals surface area (Å²) in [6, 6.07) is 3.80. The minimum absolute atomic E-state index is 0.399. The molecule has 0 spiro atoms. The first-order valence-electron chi connectivity index (χ1n) is 7.44. The first-order chi connectivity index (χ1) is 9.21. The molecular weight excluding hydrogens is 258 g/mol. The number of hydrogen-bond acceptors (Lipinski definition) is 3. The quantitative estimate of drug-likeness (QED) is 0.922. The summed E-state index contributed by atoms with van der Waals surface area (Å²) in [6.45, 7) is 0.830. The van der Waals surface area contributed by atoms with Crippen LogP contribution in [-0.4, -0.2) is 15.7 Å². The van der Waals surface area contributed by atoms with Crippen molar-refractivity contribution in [2.75, 3.05) is 0 Å². The minimum atomic E-state index is 0.399. The van der Waals surface area contributed by atoms with Gasteiger partial charge in [0.25, 0.3) is 0 Å². The zero-order chi connectivity index (χ0) is 12.9. The predicted molar refractivity (Wildman–Crippen MR) is 74.8 cm³/mol. The molecule has 0 aliphatic heterocycles. The van der Waals surface area contributed by atoms with Crippen molar-refractivity contribution < 1.29 is 0 Å². The molecular formula is C15H20ClN3. The Bertz CT molecular complexity index is 435. The fourth-order valence-corrected chi connectivity index (χ4v) is 5.14. The van der Waals surface area contributed by atoms with E-state index in [1.807, 2.05) is 12.1 Å². The van der Waals surface area contributed by atoms with E-state index in [-0.39, 0.29) is 0 Å². The van der Waals surface area contributed by atoms with Gasteiger partial charge in [0.2, 0.25) is 0 Å². The van der Waals surface area contributed by atoms with Gasteiger partial charge in [0.1, 0.15) is 0 Å². The molecule has 4 fully saturated rings. The molecule has 1 N–H and O–H groups in total. The third-order valence-corrected chi connectivity index (χ3v) is 5.57. The number of nitrogens with one attached hydrogen (secondary N) is 1. The van der Waals surface area contributed by atoms with Gasteiger partial charge in [-0.3, -0.25) is 0 Å². The lowest BCUT2D eigenvalue weighted by Gasteiger charge is -2.57. The highest BCUT2D eigenvalue weighted by Gasteiger charge is 2.50. The fraction of sp³-hybridized carbons (Fsp3) is 0.733. The second-order valence-corrected chi connectivity index (χ2v) is 7.29. The summed E-state index contributed by atoms with van der Waals surface area (Å²) in [4.78, 5) is 0. The molecule has 1 aromatic rings. The summed E-state index contributed by atoms with van der Waals surface area (Å²) in [5.74, 6) is 2.94. The molecule has 19 heavy (non-hydrogen) atoms. The number of halogens is 1. The summed E-state index contributed by atoms with van der Waals surface area (Å²) in [5.41, 5.74) is 1.40. The number of nitrogens with zero attached hydrogens (tertiary/aromatic N) is 2. The standard InChI is InChI=1S/C15H20ClN3/c16-14-2-1-13(18-19-14)9-17-15-6-10-3-11(7-15)5-12(4-10)8-15/h1-2,10-12,17H,3-9H2. The number of hydrogen-bond donors (Lipinski definition) is 1. The molecule has 4 aliphatic carbocycles. The second kappa shape index (κ2) is 4.42. The largest absolute Gasteiger partial charge is 0.306 e. The van der Waals surface area contributed by atoms with Gasteiger partial charge in [0.15, 0.2) is 5.15 Å². The Morgan fingerprint density at radius 3 is 2.21 bits per heavy atom. The van der Waals surface area contributed by atoms with Gasteiger partial charge in [-0.25, -0.2) is 0 Å². The number of aromatic nitrogens is 2. The molecule has 4 saturated carbocycles. The molecule has 4 bridgehead atoms. The van der Waals surface area contributed by atoms with E-state index in [1.54, 1.807) is 0 Å². The van der Waals surface area contributed by atoms with Crippen LogP contribution in [0.15, 0.2) is 12.1 Å². The summed E-state index contributed by atoms with van der Waals surface area (Å²) < 4.78 is 0. The Balaban J connectivity index is 1.46. The van der Waals surface area contributed by atoms with Crippen molar-refractivity contribution in [3.63, 3.8) is 0 Å². The van der Waals surface area contributed by atoms with Crippen LogP contribution in [0.2, 0.25) is 5.15 Å². The Kier molecular flexibility index (Phi) is 2.82. The van der Waals surface area contributed by atoms with Gasteiger partial charge in [-0.2, -0.15) is 5.10 Å². The van der Waals surface area contributed by atoms with Gasteiger partial charge in [-0.1, -0.05) is 11.6 Å². The predicted octanol–water partition coefficient (Wildman–Crippen LogP) is 3.19. The van der Waals surface area contributed by atoms with E-state index in [0.717, 1.165) is 30.0 Å². The molecule has 0 radical (unpaired) electrons. The van der Waals surface area contributed by atoms with Crippen LogP contribution in [0.3, 0.4) is 0 Å². The van der Waals surface area contributed by atoms with Gasteiger partial charge < -0.3 is 5.32 Å². The lowest BCUT2D eigenvalue weighted by Crippen LogP contribution is -2.58. The third-order valence-electron chi connectivity index (χ3n) is 5.37. The third kappa shape index (κ3) is 2.27. The lowest BCUT2D eigenvalue weighted by molar-refractivity contribution is -0.0207. The van der Waals surface area contributed by atoms with Crippen molar-refractivity contribution >= 4 is 11.6 Å². The molecule has 0 amide bonds. The van der Waals surface area contributed by atoms with Crippen LogP contribution in [0.5, 0.6) is 0 Å². The smallest absolute Gasteiger partial charge is 0.151 e. The van der Waals surface area contributed by atoms with Crippen molar-refractivity contribution in [3.05, 3.63) is 23.0 Å². The van der Waals surface area contributed by atoms with Crippen LogP contribution in [-0.2, 0) is 6.54 Å². The molecule has 0 aromatic carbocycles. The summed E-state index contributed by atoms with van der Waals surface area (Å²) >= 11 is 5.77. The van der Waals surface area contributed by atoms with E-state index in [1.165, 1.54) is 38.5 Å². The molecule has 4 aliphatic rings. The van der Waals surface area contributed by atoms with Crippen LogP contribution in [0, 0.1) is 17.8 Å². The summed E-state index contributed by atoms with van der Waals surface area (Å²) in [5, 5.41) is 12.4. The first-order valence-corrected chi connectivity index (χ1v) is 7.82.